The summed E-state index contributed by atoms with van der Waals surface area (Å²) in [5.74, 6) is 0.672. The normalized spacial score (nSPS) is 14.1. The van der Waals surface area contributed by atoms with Crippen LogP contribution in [0.1, 0.15) is 37.5 Å². The Hall–Kier alpha value is -1.87. The molecule has 0 aliphatic heterocycles. The largest absolute Gasteiger partial charge is 0.489 e. The molecule has 1 aromatic heterocycles. The molecule has 1 aromatic carbocycles. The van der Waals surface area contributed by atoms with E-state index in [0.717, 1.165) is 16.7 Å². The molecular weight excluding hydrogens is 250 g/mol. The highest BCUT2D eigenvalue weighted by atomic mass is 16.5. The van der Waals surface area contributed by atoms with Gasteiger partial charge in [0.25, 0.3) is 0 Å². The van der Waals surface area contributed by atoms with Crippen molar-refractivity contribution in [3.8, 4) is 5.75 Å². The molecule has 1 atom stereocenters. The zero-order chi connectivity index (χ0) is 14.8. The molecule has 0 radical (unpaired) electrons. The van der Waals surface area contributed by atoms with Crippen molar-refractivity contribution in [2.45, 2.75) is 39.4 Å². The Morgan fingerprint density at radius 3 is 2.55 bits per heavy atom. The lowest BCUT2D eigenvalue weighted by molar-refractivity contribution is 0.101. The third kappa shape index (κ3) is 3.17. The molecule has 1 N–H and O–H groups in total. The quantitative estimate of drug-likeness (QED) is 0.926. The van der Waals surface area contributed by atoms with Gasteiger partial charge < -0.3 is 9.84 Å². The van der Waals surface area contributed by atoms with Gasteiger partial charge in [0.15, 0.2) is 0 Å². The fourth-order valence-electron chi connectivity index (χ4n) is 2.14. The van der Waals surface area contributed by atoms with E-state index in [-0.39, 0.29) is 6.10 Å². The molecule has 0 aliphatic rings. The molecule has 1 unspecified atom stereocenters. The maximum absolute atomic E-state index is 10.8. The minimum atomic E-state index is -1.09. The molecule has 106 valence electrons. The smallest absolute Gasteiger partial charge is 0.138 e. The molecule has 20 heavy (non-hydrogen) atoms. The maximum atomic E-state index is 10.8. The molecule has 3 heteroatoms. The van der Waals surface area contributed by atoms with Gasteiger partial charge in [0, 0.05) is 11.8 Å². The van der Waals surface area contributed by atoms with Crippen LogP contribution < -0.4 is 4.74 Å². The number of hydrogen-bond acceptors (Lipinski definition) is 3. The summed E-state index contributed by atoms with van der Waals surface area (Å²) in [6, 6.07) is 9.70. The number of pyridine rings is 1. The van der Waals surface area contributed by atoms with Crippen molar-refractivity contribution >= 4 is 0 Å². The number of nitrogens with zero attached hydrogens (tertiary/aromatic N) is 1. The van der Waals surface area contributed by atoms with Crippen molar-refractivity contribution in [2.24, 2.45) is 0 Å². The summed E-state index contributed by atoms with van der Waals surface area (Å²) in [6.45, 7) is 7.71. The lowest BCUT2D eigenvalue weighted by Crippen LogP contribution is -2.23. The summed E-state index contributed by atoms with van der Waals surface area (Å²) in [5, 5.41) is 10.8. The van der Waals surface area contributed by atoms with Gasteiger partial charge in [0.05, 0.1) is 12.3 Å². The van der Waals surface area contributed by atoms with Gasteiger partial charge >= 0.3 is 0 Å². The van der Waals surface area contributed by atoms with Gasteiger partial charge in [-0.1, -0.05) is 29.8 Å². The number of hydrogen-bond donors (Lipinski definition) is 1. The molecule has 0 saturated carbocycles. The van der Waals surface area contributed by atoms with Crippen molar-refractivity contribution in [2.75, 3.05) is 0 Å². The van der Waals surface area contributed by atoms with Crippen LogP contribution in [-0.4, -0.2) is 16.2 Å². The van der Waals surface area contributed by atoms with E-state index < -0.39 is 5.60 Å². The average Bonchev–Trinajstić information content (AvgIpc) is 2.38. The molecular formula is C17H21NO2. The van der Waals surface area contributed by atoms with Crippen LogP contribution in [0.25, 0.3) is 0 Å². The Morgan fingerprint density at radius 2 is 1.90 bits per heavy atom. The third-order valence-electron chi connectivity index (χ3n) is 3.23. The van der Waals surface area contributed by atoms with E-state index in [4.69, 9.17) is 4.74 Å². The summed E-state index contributed by atoms with van der Waals surface area (Å²) >= 11 is 0. The number of aryl methyl sites for hydroxylation is 1. The average molecular weight is 271 g/mol. The second-order valence-corrected chi connectivity index (χ2v) is 5.52. The highest BCUT2D eigenvalue weighted by Gasteiger charge is 2.26. The number of aliphatic hydroxyl groups is 1. The number of rotatable bonds is 4. The van der Waals surface area contributed by atoms with Crippen LogP contribution in [0.4, 0.5) is 0 Å². The molecule has 0 bridgehead atoms. The topological polar surface area (TPSA) is 42.4 Å². The first kappa shape index (κ1) is 14.5. The lowest BCUT2D eigenvalue weighted by Gasteiger charge is -2.25. The summed E-state index contributed by atoms with van der Waals surface area (Å²) in [5.41, 5.74) is 1.60. The second kappa shape index (κ2) is 5.63. The van der Waals surface area contributed by atoms with Crippen molar-refractivity contribution in [1.82, 2.24) is 4.98 Å². The Morgan fingerprint density at radius 1 is 1.15 bits per heavy atom. The van der Waals surface area contributed by atoms with Gasteiger partial charge in [-0.25, -0.2) is 0 Å². The van der Waals surface area contributed by atoms with Gasteiger partial charge in [0.2, 0.25) is 0 Å². The molecule has 1 heterocycles. The van der Waals surface area contributed by atoms with Crippen molar-refractivity contribution in [3.05, 3.63) is 59.4 Å². The Kier molecular flexibility index (Phi) is 4.09. The van der Waals surface area contributed by atoms with E-state index in [1.807, 2.05) is 51.1 Å². The van der Waals surface area contributed by atoms with E-state index in [2.05, 4.69) is 4.98 Å². The first-order valence-electron chi connectivity index (χ1n) is 6.81. The Labute approximate surface area is 120 Å². The van der Waals surface area contributed by atoms with Crippen LogP contribution in [0.2, 0.25) is 0 Å². The predicted octanol–water partition coefficient (Wildman–Crippen LogP) is 3.43. The van der Waals surface area contributed by atoms with Crippen LogP contribution in [-0.2, 0) is 5.60 Å². The highest BCUT2D eigenvalue weighted by molar-refractivity contribution is 5.38. The zero-order valence-electron chi connectivity index (χ0n) is 12.4. The zero-order valence-corrected chi connectivity index (χ0v) is 12.4. The van der Waals surface area contributed by atoms with E-state index in [1.165, 1.54) is 0 Å². The molecule has 0 saturated heterocycles. The lowest BCUT2D eigenvalue weighted by atomic mass is 9.88. The molecule has 2 aromatic rings. The van der Waals surface area contributed by atoms with Gasteiger partial charge in [-0.2, -0.15) is 0 Å². The summed E-state index contributed by atoms with van der Waals surface area (Å²) in [7, 11) is 0. The maximum Gasteiger partial charge on any atom is 0.138 e. The molecule has 0 spiro atoms. The second-order valence-electron chi connectivity index (χ2n) is 5.52. The van der Waals surface area contributed by atoms with Crippen molar-refractivity contribution < 1.29 is 9.84 Å². The molecule has 0 fully saturated rings. The van der Waals surface area contributed by atoms with Crippen molar-refractivity contribution in [1.29, 1.82) is 0 Å². The fraction of sp³-hybridized carbons (Fsp3) is 0.353. The fourth-order valence-corrected chi connectivity index (χ4v) is 2.14. The first-order chi connectivity index (χ1) is 9.39. The molecule has 2 rings (SSSR count). The molecule has 3 nitrogen and oxygen atoms in total. The number of aromatic nitrogens is 1. The van der Waals surface area contributed by atoms with Crippen LogP contribution in [0.3, 0.4) is 0 Å². The SMILES string of the molecule is Cc1cccc(C(C)(O)c2cncc(OC(C)C)c2)c1. The summed E-state index contributed by atoms with van der Waals surface area (Å²) in [6.07, 6.45) is 3.42. The monoisotopic (exact) mass is 271 g/mol. The summed E-state index contributed by atoms with van der Waals surface area (Å²) in [4.78, 5) is 4.17. The minimum Gasteiger partial charge on any atom is -0.489 e. The molecule has 0 aliphatic carbocycles. The van der Waals surface area contributed by atoms with E-state index in [9.17, 15) is 5.11 Å². The van der Waals surface area contributed by atoms with Crippen LogP contribution in [0, 0.1) is 6.92 Å². The number of ether oxygens (including phenoxy) is 1. The third-order valence-corrected chi connectivity index (χ3v) is 3.23. The number of benzene rings is 1. The van der Waals surface area contributed by atoms with Crippen LogP contribution in [0.5, 0.6) is 5.75 Å². The Balaban J connectivity index is 2.38. The van der Waals surface area contributed by atoms with Gasteiger partial charge in [-0.3, -0.25) is 4.98 Å². The van der Waals surface area contributed by atoms with Gasteiger partial charge in [-0.15, -0.1) is 0 Å². The van der Waals surface area contributed by atoms with E-state index >= 15 is 0 Å². The minimum absolute atomic E-state index is 0.0796. The summed E-state index contributed by atoms with van der Waals surface area (Å²) < 4.78 is 5.64. The Bertz CT molecular complexity index is 591. The first-order valence-corrected chi connectivity index (χ1v) is 6.81. The van der Waals surface area contributed by atoms with Crippen LogP contribution >= 0.6 is 0 Å². The molecule has 0 amide bonds. The highest BCUT2D eigenvalue weighted by Crippen LogP contribution is 2.31. The van der Waals surface area contributed by atoms with Crippen molar-refractivity contribution in [3.63, 3.8) is 0 Å². The standard InChI is InChI=1S/C17H21NO2/c1-12(2)20-16-9-15(10-18-11-16)17(4,19)14-7-5-6-13(3)8-14/h5-12,19H,1-4H3. The van der Waals surface area contributed by atoms with Gasteiger partial charge in [-0.05, 0) is 39.3 Å². The van der Waals surface area contributed by atoms with E-state index in [0.29, 0.717) is 5.75 Å². The van der Waals surface area contributed by atoms with Gasteiger partial charge in [0.1, 0.15) is 11.4 Å². The van der Waals surface area contributed by atoms with E-state index in [1.54, 1.807) is 19.3 Å². The predicted molar refractivity (Wildman–Crippen MR) is 79.9 cm³/mol. The van der Waals surface area contributed by atoms with Crippen LogP contribution in [0.15, 0.2) is 42.7 Å².